The van der Waals surface area contributed by atoms with Crippen LogP contribution in [0.3, 0.4) is 0 Å². The highest BCUT2D eigenvalue weighted by Gasteiger charge is 2.35. The van der Waals surface area contributed by atoms with Gasteiger partial charge in [0.05, 0.1) is 11.6 Å². The monoisotopic (exact) mass is 259 g/mol. The second kappa shape index (κ2) is 4.49. The van der Waals surface area contributed by atoms with Gasteiger partial charge in [0.25, 0.3) is 0 Å². The summed E-state index contributed by atoms with van der Waals surface area (Å²) in [6.07, 6.45) is -2.98. The molecule has 1 aromatic carbocycles. The van der Waals surface area contributed by atoms with Crippen molar-refractivity contribution in [3.8, 4) is 0 Å². The third kappa shape index (κ3) is 2.56. The fourth-order valence-corrected chi connectivity index (χ4v) is 1.82. The molecule has 96 valence electrons. The van der Waals surface area contributed by atoms with Crippen molar-refractivity contribution in [3.05, 3.63) is 45.6 Å². The minimum atomic E-state index is -4.58. The Balaban J connectivity index is 2.37. The predicted octanol–water partition coefficient (Wildman–Crippen LogP) is 4.61. The van der Waals surface area contributed by atoms with E-state index in [2.05, 4.69) is 10.0 Å². The quantitative estimate of drug-likeness (QED) is 0.329. The molecule has 0 radical (unpaired) electrons. The van der Waals surface area contributed by atoms with Crippen LogP contribution in [-0.4, -0.2) is 0 Å². The summed E-state index contributed by atoms with van der Waals surface area (Å²) >= 11 is 0. The van der Waals surface area contributed by atoms with Crippen LogP contribution in [0.2, 0.25) is 0 Å². The first-order valence-electron chi connectivity index (χ1n) is 5.34. The Hall–Kier alpha value is -1.75. The van der Waals surface area contributed by atoms with Crippen LogP contribution >= 0.6 is 0 Å². The van der Waals surface area contributed by atoms with Gasteiger partial charge in [-0.2, -0.15) is 13.2 Å². The van der Waals surface area contributed by atoms with Gasteiger partial charge in [0.15, 0.2) is 0 Å². The first-order chi connectivity index (χ1) is 8.43. The van der Waals surface area contributed by atoms with Crippen molar-refractivity contribution in [2.45, 2.75) is 25.1 Å². The zero-order chi connectivity index (χ0) is 13.3. The summed E-state index contributed by atoms with van der Waals surface area (Å²) in [5.41, 5.74) is 7.39. The van der Waals surface area contributed by atoms with E-state index in [9.17, 15) is 17.6 Å². The van der Waals surface area contributed by atoms with Crippen LogP contribution in [-0.2, 0) is 6.18 Å². The molecule has 1 fully saturated rings. The van der Waals surface area contributed by atoms with E-state index in [0.717, 1.165) is 25.0 Å². The molecular formula is C11H9F4N3. The molecule has 0 N–H and O–H groups in total. The smallest absolute Gasteiger partial charge is 0.207 e. The number of alkyl halides is 3. The molecule has 1 aromatic rings. The lowest BCUT2D eigenvalue weighted by Crippen LogP contribution is -2.08. The lowest BCUT2D eigenvalue weighted by Gasteiger charge is -2.13. The Labute approximate surface area is 100 Å². The predicted molar refractivity (Wildman–Crippen MR) is 56.0 cm³/mol. The highest BCUT2D eigenvalue weighted by Crippen LogP contribution is 2.44. The molecule has 18 heavy (non-hydrogen) atoms. The molecule has 0 heterocycles. The second-order valence-electron chi connectivity index (χ2n) is 4.22. The number of rotatable bonds is 3. The topological polar surface area (TPSA) is 48.8 Å². The summed E-state index contributed by atoms with van der Waals surface area (Å²) in [7, 11) is 0. The fraction of sp³-hybridized carbons (Fsp3) is 0.455. The van der Waals surface area contributed by atoms with Crippen LogP contribution in [0.5, 0.6) is 0 Å². The van der Waals surface area contributed by atoms with E-state index >= 15 is 0 Å². The van der Waals surface area contributed by atoms with Crippen molar-refractivity contribution in [3.63, 3.8) is 0 Å². The van der Waals surface area contributed by atoms with E-state index in [1.807, 2.05) is 0 Å². The maximum atomic E-state index is 13.7. The van der Waals surface area contributed by atoms with Crippen LogP contribution in [0.15, 0.2) is 23.3 Å². The molecule has 1 saturated carbocycles. The van der Waals surface area contributed by atoms with Crippen molar-refractivity contribution in [2.24, 2.45) is 11.0 Å². The lowest BCUT2D eigenvalue weighted by atomic mass is 10.0. The molecule has 0 saturated heterocycles. The maximum absolute atomic E-state index is 13.7. The number of nitrogens with zero attached hydrogens (tertiary/aromatic N) is 3. The van der Waals surface area contributed by atoms with Gasteiger partial charge in [0.2, 0.25) is 0 Å². The Morgan fingerprint density at radius 2 is 2.00 bits per heavy atom. The van der Waals surface area contributed by atoms with Gasteiger partial charge in [-0.25, -0.2) is 4.39 Å². The Morgan fingerprint density at radius 3 is 2.44 bits per heavy atom. The van der Waals surface area contributed by atoms with Gasteiger partial charge in [-0.15, -0.1) is 0 Å². The van der Waals surface area contributed by atoms with Gasteiger partial charge < -0.3 is 0 Å². The van der Waals surface area contributed by atoms with E-state index in [4.69, 9.17) is 5.53 Å². The van der Waals surface area contributed by atoms with Crippen molar-refractivity contribution < 1.29 is 17.6 Å². The van der Waals surface area contributed by atoms with Gasteiger partial charge >= 0.3 is 6.18 Å². The van der Waals surface area contributed by atoms with Crippen LogP contribution in [0.1, 0.15) is 30.0 Å². The molecule has 1 unspecified atom stereocenters. The van der Waals surface area contributed by atoms with Gasteiger partial charge in [-0.05, 0) is 42.0 Å². The van der Waals surface area contributed by atoms with Crippen LogP contribution in [0.25, 0.3) is 10.4 Å². The van der Waals surface area contributed by atoms with Crippen LogP contribution < -0.4 is 0 Å². The zero-order valence-corrected chi connectivity index (χ0v) is 9.15. The Kier molecular flexibility index (Phi) is 3.17. The van der Waals surface area contributed by atoms with Crippen molar-refractivity contribution in [1.82, 2.24) is 0 Å². The number of hydrogen-bond acceptors (Lipinski definition) is 1. The van der Waals surface area contributed by atoms with E-state index in [1.54, 1.807) is 0 Å². The summed E-state index contributed by atoms with van der Waals surface area (Å²) in [5.74, 6) is -0.943. The summed E-state index contributed by atoms with van der Waals surface area (Å²) < 4.78 is 50.8. The average Bonchev–Trinajstić information content (AvgIpc) is 3.09. The third-order valence-electron chi connectivity index (χ3n) is 2.89. The largest absolute Gasteiger partial charge is 0.416 e. The number of benzene rings is 1. The summed E-state index contributed by atoms with van der Waals surface area (Å²) in [6.45, 7) is 0. The van der Waals surface area contributed by atoms with E-state index in [-0.39, 0.29) is 11.5 Å². The number of halogens is 4. The summed E-state index contributed by atoms with van der Waals surface area (Å²) in [6, 6.07) is 1.59. The minimum absolute atomic E-state index is 0.0308. The Morgan fingerprint density at radius 1 is 1.33 bits per heavy atom. The molecule has 0 bridgehead atoms. The first-order valence-corrected chi connectivity index (χ1v) is 5.34. The third-order valence-corrected chi connectivity index (χ3v) is 2.89. The molecule has 1 aliphatic rings. The van der Waals surface area contributed by atoms with Crippen LogP contribution in [0, 0.1) is 11.7 Å². The molecule has 3 nitrogen and oxygen atoms in total. The van der Waals surface area contributed by atoms with Gasteiger partial charge in [0, 0.05) is 4.91 Å². The van der Waals surface area contributed by atoms with E-state index < -0.39 is 23.6 Å². The van der Waals surface area contributed by atoms with Crippen molar-refractivity contribution in [1.29, 1.82) is 0 Å². The standard InChI is InChI=1S/C11H9F4N3/c12-9-5-7(11(13,14)15)3-4-8(9)10(17-18-16)6-1-2-6/h3-6,10H,1-2H2. The SMILES string of the molecule is [N-]=[N+]=NC(c1ccc(C(F)(F)F)cc1F)C1CC1. The number of azide groups is 1. The highest BCUT2D eigenvalue weighted by atomic mass is 19.4. The van der Waals surface area contributed by atoms with Gasteiger partial charge in [-0.1, -0.05) is 11.2 Å². The van der Waals surface area contributed by atoms with Gasteiger partial charge in [-0.3, -0.25) is 0 Å². The van der Waals surface area contributed by atoms with E-state index in [0.29, 0.717) is 6.07 Å². The zero-order valence-electron chi connectivity index (χ0n) is 9.15. The van der Waals surface area contributed by atoms with Gasteiger partial charge in [0.1, 0.15) is 5.82 Å². The summed E-state index contributed by atoms with van der Waals surface area (Å²) in [5, 5.41) is 3.47. The Bertz CT molecular complexity index is 502. The molecule has 0 amide bonds. The molecule has 2 rings (SSSR count). The second-order valence-corrected chi connectivity index (χ2v) is 4.22. The van der Waals surface area contributed by atoms with Crippen molar-refractivity contribution >= 4 is 0 Å². The molecule has 1 aliphatic carbocycles. The van der Waals surface area contributed by atoms with Crippen molar-refractivity contribution in [2.75, 3.05) is 0 Å². The normalized spacial score (nSPS) is 17.1. The average molecular weight is 259 g/mol. The van der Waals surface area contributed by atoms with E-state index in [1.165, 1.54) is 0 Å². The lowest BCUT2D eigenvalue weighted by molar-refractivity contribution is -0.137. The molecule has 0 aromatic heterocycles. The fourth-order valence-electron chi connectivity index (χ4n) is 1.82. The maximum Gasteiger partial charge on any atom is 0.416 e. The molecule has 7 heteroatoms. The minimum Gasteiger partial charge on any atom is -0.207 e. The number of hydrogen-bond donors (Lipinski definition) is 0. The molecule has 0 aliphatic heterocycles. The molecule has 0 spiro atoms. The first kappa shape index (κ1) is 12.7. The highest BCUT2D eigenvalue weighted by molar-refractivity contribution is 5.29. The van der Waals surface area contributed by atoms with Crippen LogP contribution in [0.4, 0.5) is 17.6 Å². The molecular weight excluding hydrogens is 250 g/mol. The molecule has 1 atom stereocenters. The summed E-state index contributed by atoms with van der Waals surface area (Å²) in [4.78, 5) is 2.62.